The Bertz CT molecular complexity index is 776. The van der Waals surface area contributed by atoms with Crippen LogP contribution in [0.3, 0.4) is 0 Å². The maximum Gasteiger partial charge on any atom is 0.341 e. The van der Waals surface area contributed by atoms with Crippen molar-refractivity contribution in [3.63, 3.8) is 0 Å². The van der Waals surface area contributed by atoms with Gasteiger partial charge in [0.1, 0.15) is 11.5 Å². The van der Waals surface area contributed by atoms with Crippen molar-refractivity contribution in [2.45, 2.75) is 13.0 Å². The Morgan fingerprint density at radius 2 is 1.85 bits per heavy atom. The van der Waals surface area contributed by atoms with Crippen LogP contribution < -0.4 is 9.47 Å². The summed E-state index contributed by atoms with van der Waals surface area (Å²) in [5.74, 6) is -0.0814. The number of likely N-dealkylation sites (N-methyl/N-ethyl adjacent to an activating group) is 1. The number of benzene rings is 2. The van der Waals surface area contributed by atoms with E-state index in [1.54, 1.807) is 54.4 Å². The summed E-state index contributed by atoms with van der Waals surface area (Å²) in [4.78, 5) is 24.6. The zero-order valence-electron chi connectivity index (χ0n) is 14.6. The quantitative estimate of drug-likeness (QED) is 0.765. The van der Waals surface area contributed by atoms with Gasteiger partial charge in [-0.3, -0.25) is 4.79 Å². The van der Waals surface area contributed by atoms with E-state index in [9.17, 15) is 9.59 Å². The first-order valence-electron chi connectivity index (χ1n) is 7.89. The molecule has 0 fully saturated rings. The summed E-state index contributed by atoms with van der Waals surface area (Å²) in [7, 11) is 3.25. The first-order valence-corrected chi connectivity index (χ1v) is 8.27. The Labute approximate surface area is 156 Å². The second kappa shape index (κ2) is 9.10. The van der Waals surface area contributed by atoms with Crippen LogP contribution >= 0.6 is 11.6 Å². The maximum absolute atomic E-state index is 12.5. The minimum absolute atomic E-state index is 0.0948. The van der Waals surface area contributed by atoms with Gasteiger partial charge in [0.15, 0.2) is 6.61 Å². The molecule has 0 aliphatic heterocycles. The molecule has 2 aromatic carbocycles. The highest BCUT2D eigenvalue weighted by molar-refractivity contribution is 6.31. The molecule has 2 aromatic rings. The van der Waals surface area contributed by atoms with Crippen LogP contribution in [0.2, 0.25) is 5.02 Å². The molecule has 0 unspecified atom stereocenters. The molecule has 0 saturated carbocycles. The molecule has 0 heterocycles. The SMILES string of the molecule is COc1cccc(Cl)c1CC(=O)N(C)Cc1ccc(OCC(=O)O)cc1. The molecule has 7 heteroatoms. The van der Waals surface area contributed by atoms with E-state index in [1.165, 1.54) is 7.11 Å². The number of methoxy groups -OCH3 is 1. The third-order valence-electron chi connectivity index (χ3n) is 3.75. The Morgan fingerprint density at radius 1 is 1.15 bits per heavy atom. The summed E-state index contributed by atoms with van der Waals surface area (Å²) >= 11 is 6.18. The van der Waals surface area contributed by atoms with E-state index in [4.69, 9.17) is 26.2 Å². The summed E-state index contributed by atoms with van der Waals surface area (Å²) in [6, 6.07) is 12.2. The van der Waals surface area contributed by atoms with Crippen molar-refractivity contribution in [1.82, 2.24) is 4.90 Å². The van der Waals surface area contributed by atoms with E-state index < -0.39 is 12.6 Å². The number of carboxylic acid groups (broad SMARTS) is 1. The summed E-state index contributed by atoms with van der Waals surface area (Å²) in [5.41, 5.74) is 1.56. The first-order chi connectivity index (χ1) is 12.4. The van der Waals surface area contributed by atoms with Crippen LogP contribution in [0.4, 0.5) is 0 Å². The predicted octanol–water partition coefficient (Wildman–Crippen LogP) is 3.01. The van der Waals surface area contributed by atoms with Crippen LogP contribution in [0.15, 0.2) is 42.5 Å². The third-order valence-corrected chi connectivity index (χ3v) is 4.11. The van der Waals surface area contributed by atoms with Gasteiger partial charge < -0.3 is 19.5 Å². The van der Waals surface area contributed by atoms with E-state index in [2.05, 4.69) is 0 Å². The Hall–Kier alpha value is -2.73. The minimum Gasteiger partial charge on any atom is -0.496 e. The monoisotopic (exact) mass is 377 g/mol. The molecule has 0 aliphatic carbocycles. The smallest absolute Gasteiger partial charge is 0.341 e. The summed E-state index contributed by atoms with van der Waals surface area (Å²) in [5, 5.41) is 9.09. The standard InChI is InChI=1S/C19H20ClNO5/c1-21(11-13-6-8-14(9-7-13)26-12-19(23)24)18(22)10-15-16(20)4-3-5-17(15)25-2/h3-9H,10-12H2,1-2H3,(H,23,24). The zero-order valence-corrected chi connectivity index (χ0v) is 15.3. The average molecular weight is 378 g/mol. The predicted molar refractivity (Wildman–Crippen MR) is 97.8 cm³/mol. The van der Waals surface area contributed by atoms with Crippen molar-refractivity contribution in [3.05, 3.63) is 58.6 Å². The van der Waals surface area contributed by atoms with Crippen LogP contribution in [-0.2, 0) is 22.6 Å². The fourth-order valence-electron chi connectivity index (χ4n) is 2.39. The topological polar surface area (TPSA) is 76.1 Å². The van der Waals surface area contributed by atoms with Crippen molar-refractivity contribution < 1.29 is 24.2 Å². The number of hydrogen-bond donors (Lipinski definition) is 1. The summed E-state index contributed by atoms with van der Waals surface area (Å²) in [6.45, 7) is 0.0161. The lowest BCUT2D eigenvalue weighted by Crippen LogP contribution is -2.28. The van der Waals surface area contributed by atoms with E-state index >= 15 is 0 Å². The molecule has 0 aromatic heterocycles. The number of carbonyl (C=O) groups is 2. The molecule has 6 nitrogen and oxygen atoms in total. The molecule has 0 aliphatic rings. The fourth-order valence-corrected chi connectivity index (χ4v) is 2.62. The molecule has 0 radical (unpaired) electrons. The lowest BCUT2D eigenvalue weighted by Gasteiger charge is -2.19. The van der Waals surface area contributed by atoms with Crippen molar-refractivity contribution in [2.24, 2.45) is 0 Å². The molecular weight excluding hydrogens is 358 g/mol. The molecule has 26 heavy (non-hydrogen) atoms. The van der Waals surface area contributed by atoms with Crippen LogP contribution in [0.5, 0.6) is 11.5 Å². The number of carbonyl (C=O) groups excluding carboxylic acids is 1. The van der Waals surface area contributed by atoms with Gasteiger partial charge >= 0.3 is 5.97 Å². The number of rotatable bonds is 8. The number of hydrogen-bond acceptors (Lipinski definition) is 4. The van der Waals surface area contributed by atoms with E-state index in [0.717, 1.165) is 5.56 Å². The fraction of sp³-hybridized carbons (Fsp3) is 0.263. The van der Waals surface area contributed by atoms with Crippen LogP contribution in [0.1, 0.15) is 11.1 Å². The zero-order chi connectivity index (χ0) is 19.1. The van der Waals surface area contributed by atoms with E-state index in [-0.39, 0.29) is 12.3 Å². The molecule has 2 rings (SSSR count). The van der Waals surface area contributed by atoms with Crippen LogP contribution in [0.25, 0.3) is 0 Å². The minimum atomic E-state index is -1.03. The van der Waals surface area contributed by atoms with Gasteiger partial charge in [-0.15, -0.1) is 0 Å². The number of nitrogens with zero attached hydrogens (tertiary/aromatic N) is 1. The number of aliphatic carboxylic acids is 1. The molecule has 0 spiro atoms. The highest BCUT2D eigenvalue weighted by atomic mass is 35.5. The maximum atomic E-state index is 12.5. The van der Waals surface area contributed by atoms with Gasteiger partial charge in [0, 0.05) is 24.2 Å². The van der Waals surface area contributed by atoms with E-state index in [0.29, 0.717) is 28.6 Å². The van der Waals surface area contributed by atoms with Gasteiger partial charge in [0.25, 0.3) is 0 Å². The highest BCUT2D eigenvalue weighted by Gasteiger charge is 2.16. The largest absolute Gasteiger partial charge is 0.496 e. The molecule has 138 valence electrons. The van der Waals surface area contributed by atoms with Gasteiger partial charge in [0.05, 0.1) is 13.5 Å². The van der Waals surface area contributed by atoms with Crippen LogP contribution in [0, 0.1) is 0 Å². The number of carboxylic acids is 1. The van der Waals surface area contributed by atoms with Gasteiger partial charge in [-0.1, -0.05) is 29.8 Å². The lowest BCUT2D eigenvalue weighted by atomic mass is 10.1. The second-order valence-corrected chi connectivity index (χ2v) is 6.08. The lowest BCUT2D eigenvalue weighted by molar-refractivity contribution is -0.139. The van der Waals surface area contributed by atoms with Gasteiger partial charge in [0.2, 0.25) is 5.91 Å². The van der Waals surface area contributed by atoms with Crippen molar-refractivity contribution in [2.75, 3.05) is 20.8 Å². The summed E-state index contributed by atoms with van der Waals surface area (Å²) in [6.07, 6.45) is 0.138. The molecule has 0 bridgehead atoms. The molecular formula is C19H20ClNO5. The summed E-state index contributed by atoms with van der Waals surface area (Å²) < 4.78 is 10.4. The first kappa shape index (κ1) is 19.6. The molecule has 1 amide bonds. The Balaban J connectivity index is 1.98. The van der Waals surface area contributed by atoms with Gasteiger partial charge in [-0.25, -0.2) is 4.79 Å². The van der Waals surface area contributed by atoms with Gasteiger partial charge in [-0.05, 0) is 29.8 Å². The average Bonchev–Trinajstić information content (AvgIpc) is 2.62. The Kier molecular flexibility index (Phi) is 6.86. The number of amides is 1. The highest BCUT2D eigenvalue weighted by Crippen LogP contribution is 2.27. The molecule has 0 atom stereocenters. The normalized spacial score (nSPS) is 10.3. The van der Waals surface area contributed by atoms with Gasteiger partial charge in [-0.2, -0.15) is 0 Å². The molecule has 0 saturated heterocycles. The Morgan fingerprint density at radius 3 is 2.46 bits per heavy atom. The third kappa shape index (κ3) is 5.39. The number of ether oxygens (including phenoxy) is 2. The van der Waals surface area contributed by atoms with Crippen LogP contribution in [-0.4, -0.2) is 42.6 Å². The van der Waals surface area contributed by atoms with Crippen molar-refractivity contribution in [3.8, 4) is 11.5 Å². The second-order valence-electron chi connectivity index (χ2n) is 5.67. The van der Waals surface area contributed by atoms with Crippen molar-refractivity contribution >= 4 is 23.5 Å². The number of halogens is 1. The molecule has 1 N–H and O–H groups in total. The van der Waals surface area contributed by atoms with Crippen molar-refractivity contribution in [1.29, 1.82) is 0 Å². The van der Waals surface area contributed by atoms with E-state index in [1.807, 2.05) is 0 Å².